The number of carbonyl (C=O) groups excluding carboxylic acids is 1. The van der Waals surface area contributed by atoms with Gasteiger partial charge in [0.1, 0.15) is 11.5 Å². The Morgan fingerprint density at radius 3 is 2.66 bits per heavy atom. The molecule has 0 saturated carbocycles. The van der Waals surface area contributed by atoms with E-state index in [9.17, 15) is 4.79 Å². The zero-order valence-electron chi connectivity index (χ0n) is 19.6. The highest BCUT2D eigenvalue weighted by molar-refractivity contribution is 6.30. The first-order valence-electron chi connectivity index (χ1n) is 11.0. The summed E-state index contributed by atoms with van der Waals surface area (Å²) in [4.78, 5) is 15.2. The number of nitrogens with one attached hydrogen (secondary N) is 2. The number of hydrogen-bond donors (Lipinski definition) is 2. The molecule has 0 bridgehead atoms. The van der Waals surface area contributed by atoms with Crippen molar-refractivity contribution in [3.05, 3.63) is 58.1 Å². The standard InChI is InChI=1S/C25H34ClN3O3/c1-16(2)28-25(30)22-12-21(15-29(22)14-18-7-6-8-20(26)11-18)27-13-19-9-10-23(31-4)17(3)24(19)32-5/h6-11,16,21-22,27H,12-15H2,1-5H3,(H,28,30)/t21-,22+/m1/s1. The number of carbonyl (C=O) groups is 1. The normalized spacial score (nSPS) is 18.7. The van der Waals surface area contributed by atoms with Crippen LogP contribution in [-0.2, 0) is 17.9 Å². The van der Waals surface area contributed by atoms with Crippen LogP contribution < -0.4 is 20.1 Å². The van der Waals surface area contributed by atoms with Crippen LogP contribution >= 0.6 is 11.6 Å². The molecule has 1 aliphatic heterocycles. The molecule has 1 aliphatic rings. The molecule has 6 nitrogen and oxygen atoms in total. The number of likely N-dealkylation sites (tertiary alicyclic amines) is 1. The summed E-state index contributed by atoms with van der Waals surface area (Å²) in [5, 5.41) is 7.42. The third-order valence-electron chi connectivity index (χ3n) is 5.85. The lowest BCUT2D eigenvalue weighted by atomic mass is 10.1. The summed E-state index contributed by atoms with van der Waals surface area (Å²) >= 11 is 6.18. The number of ether oxygens (including phenoxy) is 2. The summed E-state index contributed by atoms with van der Waals surface area (Å²) in [6.45, 7) is 8.09. The summed E-state index contributed by atoms with van der Waals surface area (Å²) < 4.78 is 11.1. The number of methoxy groups -OCH3 is 2. The van der Waals surface area contributed by atoms with Crippen molar-refractivity contribution in [2.45, 2.75) is 58.4 Å². The van der Waals surface area contributed by atoms with E-state index in [1.54, 1.807) is 14.2 Å². The molecule has 0 aliphatic carbocycles. The molecular formula is C25H34ClN3O3. The van der Waals surface area contributed by atoms with Gasteiger partial charge in [-0.05, 0) is 51.0 Å². The van der Waals surface area contributed by atoms with Crippen molar-refractivity contribution in [2.24, 2.45) is 0 Å². The Hall–Kier alpha value is -2.28. The largest absolute Gasteiger partial charge is 0.496 e. The third-order valence-corrected chi connectivity index (χ3v) is 6.09. The Morgan fingerprint density at radius 1 is 1.22 bits per heavy atom. The molecule has 2 aromatic rings. The molecule has 1 fully saturated rings. The highest BCUT2D eigenvalue weighted by atomic mass is 35.5. The van der Waals surface area contributed by atoms with Crippen molar-refractivity contribution >= 4 is 17.5 Å². The number of hydrogen-bond acceptors (Lipinski definition) is 5. The maximum atomic E-state index is 12.9. The molecule has 1 heterocycles. The highest BCUT2D eigenvalue weighted by Gasteiger charge is 2.36. The van der Waals surface area contributed by atoms with Gasteiger partial charge in [-0.3, -0.25) is 9.69 Å². The number of nitrogens with zero attached hydrogens (tertiary/aromatic N) is 1. The SMILES string of the molecule is COc1ccc(CN[C@@H]2C[C@@H](C(=O)NC(C)C)N(Cc3cccc(Cl)c3)C2)c(OC)c1C. The highest BCUT2D eigenvalue weighted by Crippen LogP contribution is 2.31. The molecule has 0 aromatic heterocycles. The monoisotopic (exact) mass is 459 g/mol. The zero-order valence-corrected chi connectivity index (χ0v) is 20.3. The van der Waals surface area contributed by atoms with Gasteiger partial charge in [-0.2, -0.15) is 0 Å². The van der Waals surface area contributed by atoms with Gasteiger partial charge in [0.25, 0.3) is 0 Å². The predicted molar refractivity (Wildman–Crippen MR) is 128 cm³/mol. The number of rotatable bonds is 9. The van der Waals surface area contributed by atoms with E-state index in [0.29, 0.717) is 18.1 Å². The minimum atomic E-state index is -0.187. The van der Waals surface area contributed by atoms with E-state index in [1.165, 1.54) is 0 Å². The number of halogens is 1. The first-order chi connectivity index (χ1) is 15.3. The van der Waals surface area contributed by atoms with Crippen LogP contribution in [0.2, 0.25) is 5.02 Å². The number of benzene rings is 2. The van der Waals surface area contributed by atoms with Crippen LogP contribution in [-0.4, -0.2) is 49.7 Å². The molecule has 1 amide bonds. The minimum absolute atomic E-state index is 0.0733. The molecule has 0 radical (unpaired) electrons. The Labute approximate surface area is 196 Å². The fourth-order valence-electron chi connectivity index (χ4n) is 4.38. The van der Waals surface area contributed by atoms with Crippen molar-refractivity contribution in [1.82, 2.24) is 15.5 Å². The van der Waals surface area contributed by atoms with Gasteiger partial charge >= 0.3 is 0 Å². The van der Waals surface area contributed by atoms with Crippen molar-refractivity contribution in [1.29, 1.82) is 0 Å². The van der Waals surface area contributed by atoms with Gasteiger partial charge in [-0.25, -0.2) is 0 Å². The average Bonchev–Trinajstić information content (AvgIpc) is 3.14. The van der Waals surface area contributed by atoms with Gasteiger partial charge in [0.05, 0.1) is 20.3 Å². The van der Waals surface area contributed by atoms with Gasteiger partial charge in [-0.1, -0.05) is 29.8 Å². The molecule has 32 heavy (non-hydrogen) atoms. The zero-order chi connectivity index (χ0) is 23.3. The van der Waals surface area contributed by atoms with Gasteiger partial charge in [-0.15, -0.1) is 0 Å². The first kappa shape index (κ1) is 24.4. The maximum absolute atomic E-state index is 12.9. The summed E-state index contributed by atoms with van der Waals surface area (Å²) in [7, 11) is 3.34. The quantitative estimate of drug-likeness (QED) is 0.595. The minimum Gasteiger partial charge on any atom is -0.496 e. The third kappa shape index (κ3) is 5.94. The molecule has 2 aromatic carbocycles. The summed E-state index contributed by atoms with van der Waals surface area (Å²) in [5.41, 5.74) is 3.16. The average molecular weight is 460 g/mol. The molecule has 2 atom stereocenters. The lowest BCUT2D eigenvalue weighted by Crippen LogP contribution is -2.45. The van der Waals surface area contributed by atoms with E-state index in [0.717, 1.165) is 41.2 Å². The van der Waals surface area contributed by atoms with E-state index in [2.05, 4.69) is 21.6 Å². The maximum Gasteiger partial charge on any atom is 0.237 e. The van der Waals surface area contributed by atoms with Gasteiger partial charge in [0, 0.05) is 47.9 Å². The molecule has 7 heteroatoms. The Balaban J connectivity index is 1.72. The molecular weight excluding hydrogens is 426 g/mol. The predicted octanol–water partition coefficient (Wildman–Crippen LogP) is 3.92. The molecule has 0 spiro atoms. The second-order valence-corrected chi connectivity index (χ2v) is 9.07. The van der Waals surface area contributed by atoms with Crippen LogP contribution in [0.1, 0.15) is 37.0 Å². The van der Waals surface area contributed by atoms with Crippen LogP contribution in [0.4, 0.5) is 0 Å². The molecule has 0 unspecified atom stereocenters. The fourth-order valence-corrected chi connectivity index (χ4v) is 4.59. The summed E-state index contributed by atoms with van der Waals surface area (Å²) in [5.74, 6) is 1.72. The molecule has 2 N–H and O–H groups in total. The van der Waals surface area contributed by atoms with Crippen LogP contribution in [0.15, 0.2) is 36.4 Å². The second kappa shape index (κ2) is 11.0. The van der Waals surface area contributed by atoms with Crippen molar-refractivity contribution < 1.29 is 14.3 Å². The summed E-state index contributed by atoms with van der Waals surface area (Å²) in [6.07, 6.45) is 0.747. The van der Waals surface area contributed by atoms with Gasteiger partial charge < -0.3 is 20.1 Å². The molecule has 3 rings (SSSR count). The van der Waals surface area contributed by atoms with Crippen LogP contribution in [0.25, 0.3) is 0 Å². The van der Waals surface area contributed by atoms with E-state index >= 15 is 0 Å². The molecule has 174 valence electrons. The van der Waals surface area contributed by atoms with Crippen LogP contribution in [0, 0.1) is 6.92 Å². The lowest BCUT2D eigenvalue weighted by molar-refractivity contribution is -0.126. The van der Waals surface area contributed by atoms with Crippen molar-refractivity contribution in [2.75, 3.05) is 20.8 Å². The molecule has 1 saturated heterocycles. The van der Waals surface area contributed by atoms with E-state index in [1.807, 2.05) is 51.1 Å². The fraction of sp³-hybridized carbons (Fsp3) is 0.480. The van der Waals surface area contributed by atoms with Gasteiger partial charge in [0.2, 0.25) is 5.91 Å². The van der Waals surface area contributed by atoms with E-state index in [4.69, 9.17) is 21.1 Å². The summed E-state index contributed by atoms with van der Waals surface area (Å²) in [6, 6.07) is 11.9. The van der Waals surface area contributed by atoms with Crippen molar-refractivity contribution in [3.63, 3.8) is 0 Å². The smallest absolute Gasteiger partial charge is 0.237 e. The Kier molecular flexibility index (Phi) is 8.40. The van der Waals surface area contributed by atoms with E-state index < -0.39 is 0 Å². The Morgan fingerprint density at radius 2 is 2.00 bits per heavy atom. The van der Waals surface area contributed by atoms with Gasteiger partial charge in [0.15, 0.2) is 0 Å². The lowest BCUT2D eigenvalue weighted by Gasteiger charge is -2.24. The van der Waals surface area contributed by atoms with Crippen LogP contribution in [0.5, 0.6) is 11.5 Å². The second-order valence-electron chi connectivity index (χ2n) is 8.64. The van der Waals surface area contributed by atoms with Crippen molar-refractivity contribution in [3.8, 4) is 11.5 Å². The first-order valence-corrected chi connectivity index (χ1v) is 11.4. The number of amides is 1. The Bertz CT molecular complexity index is 935. The topological polar surface area (TPSA) is 62.8 Å². The van der Waals surface area contributed by atoms with E-state index in [-0.39, 0.29) is 24.0 Å². The van der Waals surface area contributed by atoms with Crippen LogP contribution in [0.3, 0.4) is 0 Å².